The van der Waals surface area contributed by atoms with Crippen LogP contribution in [0.15, 0.2) is 64.2 Å². The quantitative estimate of drug-likeness (QED) is 0.270. The molecule has 4 nitrogen and oxygen atoms in total. The summed E-state index contributed by atoms with van der Waals surface area (Å²) in [7, 11) is 0. The zero-order chi connectivity index (χ0) is 24.7. The summed E-state index contributed by atoms with van der Waals surface area (Å²) in [5.41, 5.74) is 16.0. The molecule has 34 heavy (non-hydrogen) atoms. The molecule has 1 heterocycles. The van der Waals surface area contributed by atoms with Gasteiger partial charge in [0.2, 0.25) is 0 Å². The van der Waals surface area contributed by atoms with Gasteiger partial charge in [0.1, 0.15) is 11.6 Å². The lowest BCUT2D eigenvalue weighted by Crippen LogP contribution is -2.23. The molecule has 7 heteroatoms. The normalized spacial score (nSPS) is 13.8. The minimum absolute atomic E-state index is 0.0149. The molecule has 0 fully saturated rings. The minimum atomic E-state index is -0.542. The van der Waals surface area contributed by atoms with E-state index in [0.29, 0.717) is 30.9 Å². The third-order valence-corrected chi connectivity index (χ3v) is 6.65. The van der Waals surface area contributed by atoms with Crippen molar-refractivity contribution in [2.45, 2.75) is 45.8 Å². The predicted molar refractivity (Wildman–Crippen MR) is 141 cm³/mol. The first kappa shape index (κ1) is 25.7. The number of benzene rings is 2. The highest BCUT2D eigenvalue weighted by atomic mass is 32.2. The number of guanidine groups is 1. The average molecular weight is 483 g/mol. The number of nitrogens with zero attached hydrogens (tertiary/aromatic N) is 2. The minimum Gasteiger partial charge on any atom is -0.370 e. The Hall–Kier alpha value is -2.93. The number of thioether (sulfide) groups is 1. The summed E-state index contributed by atoms with van der Waals surface area (Å²) in [5, 5.41) is 0.742. The molecule has 1 aliphatic heterocycles. The Morgan fingerprint density at radius 1 is 1.12 bits per heavy atom. The number of hydrogen-bond donors (Lipinski definition) is 2. The van der Waals surface area contributed by atoms with Gasteiger partial charge in [0.05, 0.1) is 5.04 Å². The first-order chi connectivity index (χ1) is 16.2. The van der Waals surface area contributed by atoms with Crippen molar-refractivity contribution >= 4 is 28.3 Å². The van der Waals surface area contributed by atoms with Crippen LogP contribution >= 0.6 is 11.8 Å². The Morgan fingerprint density at radius 2 is 1.79 bits per heavy atom. The summed E-state index contributed by atoms with van der Waals surface area (Å²) in [4.78, 5) is 8.54. The van der Waals surface area contributed by atoms with E-state index in [1.54, 1.807) is 0 Å². The van der Waals surface area contributed by atoms with Crippen LogP contribution in [0.5, 0.6) is 0 Å². The number of nitrogens with two attached hydrogens (primary N) is 2. The van der Waals surface area contributed by atoms with Gasteiger partial charge in [-0.05, 0) is 72.6 Å². The van der Waals surface area contributed by atoms with Gasteiger partial charge in [-0.3, -0.25) is 4.99 Å². The van der Waals surface area contributed by atoms with E-state index in [9.17, 15) is 8.78 Å². The van der Waals surface area contributed by atoms with Crippen molar-refractivity contribution in [2.24, 2.45) is 27.4 Å². The summed E-state index contributed by atoms with van der Waals surface area (Å²) in [6.45, 7) is 6.78. The summed E-state index contributed by atoms with van der Waals surface area (Å²) < 4.78 is 29.5. The molecule has 1 aliphatic rings. The van der Waals surface area contributed by atoms with Crippen LogP contribution in [0.4, 0.5) is 8.78 Å². The van der Waals surface area contributed by atoms with E-state index < -0.39 is 11.6 Å². The van der Waals surface area contributed by atoms with Gasteiger partial charge in [-0.25, -0.2) is 13.8 Å². The second-order valence-electron chi connectivity index (χ2n) is 8.78. The van der Waals surface area contributed by atoms with Gasteiger partial charge in [0.25, 0.3) is 0 Å². The Labute approximate surface area is 205 Å². The second kappa shape index (κ2) is 12.0. The SMILES string of the molecule is Cc1ccc(C2=CC(SCc3c(F)cc(CCCN=C(N)N)cc3F)=NC=C(C(C)C)C2)cc1. The number of aryl methyl sites for hydroxylation is 2. The number of allylic oxidation sites excluding steroid dienone is 2. The Kier molecular flexibility index (Phi) is 9.05. The second-order valence-corrected chi connectivity index (χ2v) is 9.77. The van der Waals surface area contributed by atoms with Gasteiger partial charge in [0, 0.05) is 24.1 Å². The molecular formula is C27H32F2N4S. The predicted octanol–water partition coefficient (Wildman–Crippen LogP) is 6.14. The van der Waals surface area contributed by atoms with Crippen molar-refractivity contribution in [3.63, 3.8) is 0 Å². The Morgan fingerprint density at radius 3 is 2.41 bits per heavy atom. The van der Waals surface area contributed by atoms with Crippen molar-refractivity contribution in [1.29, 1.82) is 0 Å². The molecule has 0 spiro atoms. The van der Waals surface area contributed by atoms with E-state index in [1.165, 1.54) is 35.0 Å². The van der Waals surface area contributed by atoms with E-state index >= 15 is 0 Å². The molecule has 180 valence electrons. The number of aliphatic imine (C=N–C) groups is 2. The van der Waals surface area contributed by atoms with Crippen molar-refractivity contribution in [2.75, 3.05) is 6.54 Å². The summed E-state index contributed by atoms with van der Waals surface area (Å²) >= 11 is 1.34. The number of hydrogen-bond acceptors (Lipinski definition) is 3. The maximum Gasteiger partial charge on any atom is 0.185 e. The van der Waals surface area contributed by atoms with Crippen molar-refractivity contribution in [3.8, 4) is 0 Å². The van der Waals surface area contributed by atoms with Crippen LogP contribution < -0.4 is 11.5 Å². The van der Waals surface area contributed by atoms with Gasteiger partial charge in [0.15, 0.2) is 5.96 Å². The van der Waals surface area contributed by atoms with Crippen LogP contribution in [-0.4, -0.2) is 17.5 Å². The smallest absolute Gasteiger partial charge is 0.185 e. The van der Waals surface area contributed by atoms with E-state index in [0.717, 1.165) is 22.6 Å². The van der Waals surface area contributed by atoms with Crippen LogP contribution in [-0.2, 0) is 12.2 Å². The topological polar surface area (TPSA) is 76.8 Å². The molecule has 0 atom stereocenters. The molecular weight excluding hydrogens is 450 g/mol. The van der Waals surface area contributed by atoms with Gasteiger partial charge in [-0.15, -0.1) is 11.8 Å². The summed E-state index contributed by atoms with van der Waals surface area (Å²) in [6.07, 6.45) is 5.84. The lowest BCUT2D eigenvalue weighted by Gasteiger charge is -2.13. The highest BCUT2D eigenvalue weighted by molar-refractivity contribution is 8.13. The molecule has 0 aliphatic carbocycles. The molecule has 2 aromatic carbocycles. The molecule has 3 rings (SSSR count). The standard InChI is InChI=1S/C27H32F2N4S/c1-17(2)22-13-21(20-8-6-18(3)7-9-20)14-26(33-15-22)34-16-23-24(28)11-19(12-25(23)29)5-4-10-32-27(30)31/h6-9,11-12,14-15,17H,4-5,10,13,16H2,1-3H3,(H4,30,31,32). The van der Waals surface area contributed by atoms with Crippen LogP contribution in [0, 0.1) is 24.5 Å². The first-order valence-corrected chi connectivity index (χ1v) is 12.4. The van der Waals surface area contributed by atoms with Gasteiger partial charge >= 0.3 is 0 Å². The van der Waals surface area contributed by atoms with E-state index in [4.69, 9.17) is 11.5 Å². The molecule has 0 aromatic heterocycles. The van der Waals surface area contributed by atoms with Crippen LogP contribution in [0.3, 0.4) is 0 Å². The van der Waals surface area contributed by atoms with Crippen molar-refractivity contribution in [1.82, 2.24) is 0 Å². The van der Waals surface area contributed by atoms with Crippen LogP contribution in [0.2, 0.25) is 0 Å². The van der Waals surface area contributed by atoms with Crippen LogP contribution in [0.1, 0.15) is 48.9 Å². The Bertz CT molecular complexity index is 1100. The third kappa shape index (κ3) is 7.29. The maximum atomic E-state index is 14.7. The summed E-state index contributed by atoms with van der Waals surface area (Å²) in [6, 6.07) is 11.2. The van der Waals surface area contributed by atoms with E-state index in [2.05, 4.69) is 55.0 Å². The molecule has 2 aromatic rings. The summed E-state index contributed by atoms with van der Waals surface area (Å²) in [5.74, 6) is -0.551. The lowest BCUT2D eigenvalue weighted by molar-refractivity contribution is 0.562. The molecule has 0 radical (unpaired) electrons. The van der Waals surface area contributed by atoms with Crippen molar-refractivity contribution < 1.29 is 8.78 Å². The molecule has 0 unspecified atom stereocenters. The zero-order valence-corrected chi connectivity index (χ0v) is 20.8. The van der Waals surface area contributed by atoms with Gasteiger partial charge in [-0.1, -0.05) is 43.7 Å². The highest BCUT2D eigenvalue weighted by Crippen LogP contribution is 2.31. The zero-order valence-electron chi connectivity index (χ0n) is 19.9. The van der Waals surface area contributed by atoms with E-state index in [-0.39, 0.29) is 17.3 Å². The van der Waals surface area contributed by atoms with Gasteiger partial charge < -0.3 is 11.5 Å². The molecule has 4 N–H and O–H groups in total. The average Bonchev–Trinajstić information content (AvgIpc) is 3.00. The molecule has 0 saturated heterocycles. The number of halogens is 2. The Balaban J connectivity index is 1.76. The number of rotatable bonds is 8. The monoisotopic (exact) mass is 482 g/mol. The third-order valence-electron chi connectivity index (χ3n) is 5.70. The fraction of sp³-hybridized carbons (Fsp3) is 0.333. The fourth-order valence-corrected chi connectivity index (χ4v) is 4.53. The largest absolute Gasteiger partial charge is 0.370 e. The molecule has 0 amide bonds. The maximum absolute atomic E-state index is 14.7. The lowest BCUT2D eigenvalue weighted by atomic mass is 9.92. The van der Waals surface area contributed by atoms with E-state index in [1.807, 2.05) is 12.3 Å². The van der Waals surface area contributed by atoms with Gasteiger partial charge in [-0.2, -0.15) is 0 Å². The first-order valence-electron chi connectivity index (χ1n) is 11.4. The molecule has 0 saturated carbocycles. The van der Waals surface area contributed by atoms with Crippen molar-refractivity contribution in [3.05, 3.63) is 88.1 Å². The highest BCUT2D eigenvalue weighted by Gasteiger charge is 2.16. The molecule has 0 bridgehead atoms. The fourth-order valence-electron chi connectivity index (χ4n) is 3.61. The van der Waals surface area contributed by atoms with Crippen LogP contribution in [0.25, 0.3) is 5.57 Å².